The summed E-state index contributed by atoms with van der Waals surface area (Å²) in [6, 6.07) is 1.91. The molecule has 2 aromatic heterocycles. The first-order chi connectivity index (χ1) is 8.99. The van der Waals surface area contributed by atoms with E-state index in [0.717, 1.165) is 11.4 Å². The minimum Gasteiger partial charge on any atom is -0.273 e. The van der Waals surface area contributed by atoms with Crippen molar-refractivity contribution in [3.05, 3.63) is 29.2 Å². The van der Waals surface area contributed by atoms with Crippen molar-refractivity contribution >= 4 is 11.6 Å². The lowest BCUT2D eigenvalue weighted by molar-refractivity contribution is 0.0210. The Morgan fingerprint density at radius 3 is 2.89 bits per heavy atom. The molecule has 1 N–H and O–H groups in total. The molecule has 0 bridgehead atoms. The van der Waals surface area contributed by atoms with Crippen molar-refractivity contribution in [1.82, 2.24) is 20.1 Å². The van der Waals surface area contributed by atoms with Gasteiger partial charge >= 0.3 is 0 Å². The fourth-order valence-electron chi connectivity index (χ4n) is 1.76. The lowest BCUT2D eigenvalue weighted by atomic mass is 10.2. The molecule has 6 heteroatoms. The topological polar surface area (TPSA) is 68.5 Å². The van der Waals surface area contributed by atoms with E-state index in [9.17, 15) is 4.79 Å². The van der Waals surface area contributed by atoms with Crippen LogP contribution in [-0.2, 0) is 4.84 Å². The number of aryl methyl sites for hydroxylation is 2. The second-order valence-corrected chi connectivity index (χ2v) is 4.97. The fourth-order valence-corrected chi connectivity index (χ4v) is 1.76. The minimum atomic E-state index is -0.326. The van der Waals surface area contributed by atoms with Crippen LogP contribution in [-0.4, -0.2) is 27.1 Å². The number of aromatic nitrogens is 3. The fraction of sp³-hybridized carbons (Fsp3) is 0.462. The summed E-state index contributed by atoms with van der Waals surface area (Å²) < 4.78 is 1.64. The molecule has 0 atom stereocenters. The number of hydroxylamine groups is 1. The molecular weight excluding hydrogens is 244 g/mol. The third kappa shape index (κ3) is 2.90. The Morgan fingerprint density at radius 1 is 1.47 bits per heavy atom. The van der Waals surface area contributed by atoms with Crippen LogP contribution in [0.15, 0.2) is 12.3 Å². The van der Waals surface area contributed by atoms with Crippen LogP contribution in [0.1, 0.15) is 35.6 Å². The molecule has 2 heterocycles. The second-order valence-electron chi connectivity index (χ2n) is 4.97. The Bertz CT molecular complexity index is 604. The normalized spacial score (nSPS) is 11.2. The molecule has 0 fully saturated rings. The maximum Gasteiger partial charge on any atom is 0.280 e. The van der Waals surface area contributed by atoms with Crippen molar-refractivity contribution in [2.45, 2.75) is 27.7 Å². The van der Waals surface area contributed by atoms with E-state index in [4.69, 9.17) is 4.84 Å². The first-order valence-corrected chi connectivity index (χ1v) is 6.23. The standard InChI is InChI=1S/C13H18N4O2/c1-8(2)7-19-16-13(18)11-6-14-17-10(4)5-9(3)15-12(11)17/h5-6,8H,7H2,1-4H3,(H,16,18). The minimum absolute atomic E-state index is 0.326. The van der Waals surface area contributed by atoms with Crippen LogP contribution in [0.25, 0.3) is 5.65 Å². The molecule has 0 spiro atoms. The van der Waals surface area contributed by atoms with Gasteiger partial charge in [0.2, 0.25) is 0 Å². The Labute approximate surface area is 111 Å². The zero-order chi connectivity index (χ0) is 14.0. The van der Waals surface area contributed by atoms with Crippen molar-refractivity contribution in [2.75, 3.05) is 6.61 Å². The van der Waals surface area contributed by atoms with E-state index in [1.54, 1.807) is 4.52 Å². The summed E-state index contributed by atoms with van der Waals surface area (Å²) in [6.07, 6.45) is 1.50. The molecule has 6 nitrogen and oxygen atoms in total. The molecule has 0 aliphatic heterocycles. The lowest BCUT2D eigenvalue weighted by Crippen LogP contribution is -2.25. The molecule has 0 saturated carbocycles. The zero-order valence-corrected chi connectivity index (χ0v) is 11.6. The van der Waals surface area contributed by atoms with Crippen LogP contribution in [0, 0.1) is 19.8 Å². The van der Waals surface area contributed by atoms with Crippen LogP contribution in [0.5, 0.6) is 0 Å². The summed E-state index contributed by atoms with van der Waals surface area (Å²) in [7, 11) is 0. The number of fused-ring (bicyclic) bond motifs is 1. The van der Waals surface area contributed by atoms with Gasteiger partial charge in [0.05, 0.1) is 12.8 Å². The van der Waals surface area contributed by atoms with Gasteiger partial charge < -0.3 is 0 Å². The molecule has 19 heavy (non-hydrogen) atoms. The van der Waals surface area contributed by atoms with Crippen LogP contribution >= 0.6 is 0 Å². The van der Waals surface area contributed by atoms with Crippen molar-refractivity contribution in [3.63, 3.8) is 0 Å². The largest absolute Gasteiger partial charge is 0.280 e. The van der Waals surface area contributed by atoms with E-state index >= 15 is 0 Å². The van der Waals surface area contributed by atoms with Gasteiger partial charge in [-0.15, -0.1) is 0 Å². The second kappa shape index (κ2) is 5.36. The molecule has 0 radical (unpaired) electrons. The zero-order valence-electron chi connectivity index (χ0n) is 11.6. The van der Waals surface area contributed by atoms with Crippen LogP contribution in [0.3, 0.4) is 0 Å². The Morgan fingerprint density at radius 2 is 2.21 bits per heavy atom. The smallest absolute Gasteiger partial charge is 0.273 e. The van der Waals surface area contributed by atoms with Crippen molar-refractivity contribution < 1.29 is 9.63 Å². The highest BCUT2D eigenvalue weighted by Gasteiger charge is 2.15. The number of hydrogen-bond acceptors (Lipinski definition) is 4. The van der Waals surface area contributed by atoms with Gasteiger partial charge in [0.25, 0.3) is 5.91 Å². The molecule has 0 aliphatic carbocycles. The summed E-state index contributed by atoms with van der Waals surface area (Å²) >= 11 is 0. The molecule has 2 aromatic rings. The van der Waals surface area contributed by atoms with E-state index in [1.807, 2.05) is 33.8 Å². The Hall–Kier alpha value is -1.95. The van der Waals surface area contributed by atoms with Gasteiger partial charge in [0.1, 0.15) is 5.56 Å². The predicted molar refractivity (Wildman–Crippen MR) is 70.7 cm³/mol. The van der Waals surface area contributed by atoms with E-state index in [-0.39, 0.29) is 5.91 Å². The van der Waals surface area contributed by atoms with E-state index in [2.05, 4.69) is 15.6 Å². The Balaban J connectivity index is 2.23. The summed E-state index contributed by atoms with van der Waals surface area (Å²) in [5, 5.41) is 4.16. The van der Waals surface area contributed by atoms with Crippen molar-refractivity contribution in [1.29, 1.82) is 0 Å². The molecule has 0 aromatic carbocycles. The monoisotopic (exact) mass is 262 g/mol. The van der Waals surface area contributed by atoms with Gasteiger partial charge in [-0.25, -0.2) is 15.0 Å². The van der Waals surface area contributed by atoms with Crippen LogP contribution in [0.2, 0.25) is 0 Å². The molecule has 2 rings (SSSR count). The summed E-state index contributed by atoms with van der Waals surface area (Å²) in [4.78, 5) is 21.5. The quantitative estimate of drug-likeness (QED) is 0.851. The molecule has 0 aliphatic rings. The summed E-state index contributed by atoms with van der Waals surface area (Å²) in [6.45, 7) is 8.30. The first-order valence-electron chi connectivity index (χ1n) is 6.23. The van der Waals surface area contributed by atoms with Gasteiger partial charge in [0.15, 0.2) is 5.65 Å². The van der Waals surface area contributed by atoms with Gasteiger partial charge in [0, 0.05) is 11.4 Å². The average molecular weight is 262 g/mol. The van der Waals surface area contributed by atoms with E-state index < -0.39 is 0 Å². The molecule has 0 saturated heterocycles. The maximum atomic E-state index is 12.0. The SMILES string of the molecule is Cc1cc(C)n2ncc(C(=O)NOCC(C)C)c2n1. The first kappa shape index (κ1) is 13.5. The summed E-state index contributed by atoms with van der Waals surface area (Å²) in [5.74, 6) is 0.0278. The number of nitrogens with zero attached hydrogens (tertiary/aromatic N) is 3. The number of carbonyl (C=O) groups excluding carboxylic acids is 1. The lowest BCUT2D eigenvalue weighted by Gasteiger charge is -2.07. The highest BCUT2D eigenvalue weighted by atomic mass is 16.6. The predicted octanol–water partition coefficient (Wildman–Crippen LogP) is 1.66. The number of hydrogen-bond donors (Lipinski definition) is 1. The van der Waals surface area contributed by atoms with Gasteiger partial charge in [-0.1, -0.05) is 13.8 Å². The highest BCUT2D eigenvalue weighted by molar-refractivity contribution is 5.99. The van der Waals surface area contributed by atoms with Crippen LogP contribution < -0.4 is 5.48 Å². The number of amides is 1. The number of carbonyl (C=O) groups is 1. The molecule has 0 unspecified atom stereocenters. The number of nitrogens with one attached hydrogen (secondary N) is 1. The van der Waals surface area contributed by atoms with Crippen molar-refractivity contribution in [3.8, 4) is 0 Å². The molecular formula is C13H18N4O2. The third-order valence-electron chi connectivity index (χ3n) is 2.60. The number of rotatable bonds is 4. The van der Waals surface area contributed by atoms with Crippen molar-refractivity contribution in [2.24, 2.45) is 5.92 Å². The molecule has 102 valence electrons. The van der Waals surface area contributed by atoms with Crippen LogP contribution in [0.4, 0.5) is 0 Å². The van der Waals surface area contributed by atoms with Gasteiger partial charge in [-0.05, 0) is 25.8 Å². The Kier molecular flexibility index (Phi) is 3.80. The molecule has 1 amide bonds. The summed E-state index contributed by atoms with van der Waals surface area (Å²) in [5.41, 5.74) is 5.16. The highest BCUT2D eigenvalue weighted by Crippen LogP contribution is 2.11. The average Bonchev–Trinajstić information content (AvgIpc) is 2.72. The van der Waals surface area contributed by atoms with E-state index in [1.165, 1.54) is 6.20 Å². The maximum absolute atomic E-state index is 12.0. The van der Waals surface area contributed by atoms with Gasteiger partial charge in [-0.2, -0.15) is 5.10 Å². The van der Waals surface area contributed by atoms with E-state index in [0.29, 0.717) is 23.7 Å². The third-order valence-corrected chi connectivity index (χ3v) is 2.60. The van der Waals surface area contributed by atoms with Gasteiger partial charge in [-0.3, -0.25) is 9.63 Å².